The van der Waals surface area contributed by atoms with Crippen molar-refractivity contribution in [2.24, 2.45) is 0 Å². The Morgan fingerprint density at radius 1 is 1.09 bits per heavy atom. The van der Waals surface area contributed by atoms with Crippen molar-refractivity contribution in [2.75, 3.05) is 12.9 Å². The van der Waals surface area contributed by atoms with Crippen LogP contribution in [0, 0.1) is 0 Å². The Hall–Kier alpha value is -2.18. The van der Waals surface area contributed by atoms with Crippen molar-refractivity contribution in [3.63, 3.8) is 0 Å². The summed E-state index contributed by atoms with van der Waals surface area (Å²) in [7, 11) is 1.64. The Balaban J connectivity index is 2.13. The third-order valence-electron chi connectivity index (χ3n) is 5.34. The molecular formula is C25H33ClN2O3S. The molecular weight excluding hydrogens is 444 g/mol. The lowest BCUT2D eigenvalue weighted by atomic mass is 10.1. The molecule has 2 rings (SSSR count). The number of halogens is 1. The fourth-order valence-corrected chi connectivity index (χ4v) is 4.30. The first-order valence-corrected chi connectivity index (χ1v) is 12.5. The highest BCUT2D eigenvalue weighted by Crippen LogP contribution is 2.22. The van der Waals surface area contributed by atoms with Crippen molar-refractivity contribution in [3.8, 4) is 5.75 Å². The van der Waals surface area contributed by atoms with Crippen LogP contribution in [0.4, 0.5) is 0 Å². The van der Waals surface area contributed by atoms with Crippen molar-refractivity contribution >= 4 is 35.2 Å². The molecule has 1 N–H and O–H groups in total. The maximum absolute atomic E-state index is 13.3. The third-order valence-corrected chi connectivity index (χ3v) is 6.70. The van der Waals surface area contributed by atoms with Gasteiger partial charge in [0.15, 0.2) is 0 Å². The zero-order valence-corrected chi connectivity index (χ0v) is 20.8. The minimum atomic E-state index is -0.547. The van der Waals surface area contributed by atoms with Gasteiger partial charge in [0.25, 0.3) is 0 Å². The van der Waals surface area contributed by atoms with E-state index in [0.717, 1.165) is 23.3 Å². The molecule has 0 fully saturated rings. The molecule has 0 unspecified atom stereocenters. The van der Waals surface area contributed by atoms with Gasteiger partial charge in [-0.1, -0.05) is 55.8 Å². The molecule has 0 aliphatic heterocycles. The quantitative estimate of drug-likeness (QED) is 0.451. The molecule has 0 spiro atoms. The van der Waals surface area contributed by atoms with E-state index in [9.17, 15) is 9.59 Å². The predicted molar refractivity (Wildman–Crippen MR) is 133 cm³/mol. The minimum Gasteiger partial charge on any atom is -0.497 e. The van der Waals surface area contributed by atoms with Crippen molar-refractivity contribution in [1.29, 1.82) is 0 Å². The van der Waals surface area contributed by atoms with Crippen LogP contribution in [0.2, 0.25) is 5.02 Å². The first kappa shape index (κ1) is 26.1. The molecule has 0 heterocycles. The van der Waals surface area contributed by atoms with Crippen LogP contribution >= 0.6 is 23.4 Å². The van der Waals surface area contributed by atoms with Gasteiger partial charge in [0.2, 0.25) is 11.8 Å². The molecule has 0 radical (unpaired) electrons. The van der Waals surface area contributed by atoms with E-state index in [-0.39, 0.29) is 23.6 Å². The highest BCUT2D eigenvalue weighted by Gasteiger charge is 2.29. The Bertz CT molecular complexity index is 876. The molecule has 0 aliphatic carbocycles. The van der Waals surface area contributed by atoms with Gasteiger partial charge in [0.1, 0.15) is 11.8 Å². The fraction of sp³-hybridized carbons (Fsp3) is 0.440. The van der Waals surface area contributed by atoms with Crippen LogP contribution in [0.1, 0.15) is 44.7 Å². The van der Waals surface area contributed by atoms with Crippen LogP contribution in [0.3, 0.4) is 0 Å². The largest absolute Gasteiger partial charge is 0.497 e. The molecule has 0 saturated heterocycles. The minimum absolute atomic E-state index is 0.0539. The molecule has 0 saturated carbocycles. The zero-order chi connectivity index (χ0) is 23.5. The zero-order valence-electron chi connectivity index (χ0n) is 19.3. The van der Waals surface area contributed by atoms with Crippen molar-refractivity contribution in [1.82, 2.24) is 10.2 Å². The van der Waals surface area contributed by atoms with Crippen LogP contribution in [-0.2, 0) is 21.9 Å². The monoisotopic (exact) mass is 476 g/mol. The van der Waals surface area contributed by atoms with E-state index in [1.54, 1.807) is 18.1 Å². The summed E-state index contributed by atoms with van der Waals surface area (Å²) in [6.45, 7) is 6.22. The van der Waals surface area contributed by atoms with E-state index in [1.807, 2.05) is 63.2 Å². The number of nitrogens with zero attached hydrogens (tertiary/aromatic N) is 1. The second-order valence-electron chi connectivity index (χ2n) is 7.70. The van der Waals surface area contributed by atoms with Crippen LogP contribution in [0.25, 0.3) is 0 Å². The summed E-state index contributed by atoms with van der Waals surface area (Å²) in [4.78, 5) is 27.9. The first-order chi connectivity index (χ1) is 15.4. The SMILES string of the molecule is CC[C@H](C)NC(=O)[C@H](CC)N(Cc1ccccc1Cl)C(=O)CSCc1ccc(OC)cc1. The number of ether oxygens (including phenoxy) is 1. The maximum Gasteiger partial charge on any atom is 0.243 e. The number of amides is 2. The fourth-order valence-electron chi connectivity index (χ4n) is 3.23. The third kappa shape index (κ3) is 7.75. The van der Waals surface area contributed by atoms with Crippen molar-refractivity contribution in [2.45, 2.75) is 58.0 Å². The summed E-state index contributed by atoms with van der Waals surface area (Å²) >= 11 is 7.89. The van der Waals surface area contributed by atoms with Gasteiger partial charge in [-0.05, 0) is 49.1 Å². The Labute approximate surface area is 200 Å². The summed E-state index contributed by atoms with van der Waals surface area (Å²) in [5.74, 6) is 1.59. The molecule has 0 aliphatic rings. The van der Waals surface area contributed by atoms with Crippen LogP contribution in [-0.4, -0.2) is 41.7 Å². The lowest BCUT2D eigenvalue weighted by Gasteiger charge is -2.31. The van der Waals surface area contributed by atoms with Crippen LogP contribution in [0.5, 0.6) is 5.75 Å². The van der Waals surface area contributed by atoms with Crippen molar-refractivity contribution in [3.05, 3.63) is 64.7 Å². The highest BCUT2D eigenvalue weighted by molar-refractivity contribution is 7.99. The van der Waals surface area contributed by atoms with E-state index in [0.29, 0.717) is 23.7 Å². The summed E-state index contributed by atoms with van der Waals surface area (Å²) < 4.78 is 5.19. The second-order valence-corrected chi connectivity index (χ2v) is 9.09. The smallest absolute Gasteiger partial charge is 0.243 e. The highest BCUT2D eigenvalue weighted by atomic mass is 35.5. The second kappa shape index (κ2) is 13.4. The number of nitrogens with one attached hydrogen (secondary N) is 1. The average Bonchev–Trinajstić information content (AvgIpc) is 2.80. The van der Waals surface area contributed by atoms with Gasteiger partial charge in [0.05, 0.1) is 12.9 Å². The molecule has 0 aromatic heterocycles. The van der Waals surface area contributed by atoms with E-state index in [1.165, 1.54) is 11.8 Å². The van der Waals surface area contributed by atoms with Gasteiger partial charge < -0.3 is 15.0 Å². The average molecular weight is 477 g/mol. The summed E-state index contributed by atoms with van der Waals surface area (Å²) in [5, 5.41) is 3.62. The van der Waals surface area contributed by atoms with Gasteiger partial charge >= 0.3 is 0 Å². The standard InChI is InChI=1S/C25H33ClN2O3S/c1-5-18(3)27-25(30)23(6-2)28(15-20-9-7-8-10-22(20)26)24(29)17-32-16-19-11-13-21(31-4)14-12-19/h7-14,18,23H,5-6,15-17H2,1-4H3,(H,27,30)/t18-,23-/m0/s1. The molecule has 2 aromatic rings. The van der Waals surface area contributed by atoms with Gasteiger partial charge in [0, 0.05) is 23.4 Å². The molecule has 0 bridgehead atoms. The summed E-state index contributed by atoms with van der Waals surface area (Å²) in [6.07, 6.45) is 1.36. The Kier molecular flexibility index (Phi) is 10.9. The maximum atomic E-state index is 13.3. The number of hydrogen-bond donors (Lipinski definition) is 1. The lowest BCUT2D eigenvalue weighted by Crippen LogP contribution is -2.51. The molecule has 2 amide bonds. The van der Waals surface area contributed by atoms with E-state index in [4.69, 9.17) is 16.3 Å². The number of rotatable bonds is 12. The normalized spacial score (nSPS) is 12.7. The molecule has 2 atom stereocenters. The van der Waals surface area contributed by atoms with E-state index < -0.39 is 6.04 Å². The number of thioether (sulfide) groups is 1. The molecule has 7 heteroatoms. The van der Waals surface area contributed by atoms with Gasteiger partial charge in [-0.3, -0.25) is 9.59 Å². The Morgan fingerprint density at radius 2 is 1.78 bits per heavy atom. The molecule has 32 heavy (non-hydrogen) atoms. The van der Waals surface area contributed by atoms with E-state index >= 15 is 0 Å². The van der Waals surface area contributed by atoms with Gasteiger partial charge in [-0.2, -0.15) is 0 Å². The predicted octanol–water partition coefficient (Wildman–Crippen LogP) is 5.30. The molecule has 2 aromatic carbocycles. The van der Waals surface area contributed by atoms with Gasteiger partial charge in [-0.25, -0.2) is 0 Å². The first-order valence-electron chi connectivity index (χ1n) is 10.9. The molecule has 5 nitrogen and oxygen atoms in total. The summed E-state index contributed by atoms with van der Waals surface area (Å²) in [6, 6.07) is 14.8. The number of methoxy groups -OCH3 is 1. The van der Waals surface area contributed by atoms with E-state index in [2.05, 4.69) is 5.32 Å². The summed E-state index contributed by atoms with van der Waals surface area (Å²) in [5.41, 5.74) is 1.94. The Morgan fingerprint density at radius 3 is 2.38 bits per heavy atom. The van der Waals surface area contributed by atoms with Crippen LogP contribution in [0.15, 0.2) is 48.5 Å². The number of benzene rings is 2. The lowest BCUT2D eigenvalue weighted by molar-refractivity contribution is -0.139. The molecule has 174 valence electrons. The van der Waals surface area contributed by atoms with Gasteiger partial charge in [-0.15, -0.1) is 11.8 Å². The van der Waals surface area contributed by atoms with Crippen molar-refractivity contribution < 1.29 is 14.3 Å². The number of hydrogen-bond acceptors (Lipinski definition) is 4. The topological polar surface area (TPSA) is 58.6 Å². The number of carbonyl (C=O) groups excluding carboxylic acids is 2. The number of carbonyl (C=O) groups is 2. The van der Waals surface area contributed by atoms with Crippen LogP contribution < -0.4 is 10.1 Å².